The van der Waals surface area contributed by atoms with Gasteiger partial charge in [-0.1, -0.05) is 58.9 Å². The number of ketones is 1. The number of aromatic nitrogens is 1. The van der Waals surface area contributed by atoms with Gasteiger partial charge in [-0.3, -0.25) is 24.5 Å². The monoisotopic (exact) mass is 603 g/mol. The largest absolute Gasteiger partial charge is 0.612 e. The third-order valence-corrected chi connectivity index (χ3v) is 9.01. The number of alkyl halides is 1. The molecule has 2 aromatic rings. The zero-order valence-corrected chi connectivity index (χ0v) is 25.9. The number of amides is 2. The number of thiazole rings is 1. The summed E-state index contributed by atoms with van der Waals surface area (Å²) in [5.74, 6) is -1.66. The Morgan fingerprint density at radius 2 is 1.88 bits per heavy atom. The number of halogens is 1. The molecular formula is C30H42FN5O5S. The van der Waals surface area contributed by atoms with E-state index in [2.05, 4.69) is 15.7 Å². The number of hydrogen-bond donors (Lipinski definition) is 4. The van der Waals surface area contributed by atoms with Gasteiger partial charge in [0.25, 0.3) is 5.91 Å². The minimum absolute atomic E-state index is 0.00384. The number of rotatable bonds is 11. The molecule has 1 saturated heterocycles. The summed E-state index contributed by atoms with van der Waals surface area (Å²) in [6, 6.07) is 5.85. The van der Waals surface area contributed by atoms with Crippen molar-refractivity contribution in [1.29, 1.82) is 0 Å². The Labute approximate surface area is 250 Å². The molecule has 10 nitrogen and oxygen atoms in total. The Morgan fingerprint density at radius 1 is 1.24 bits per heavy atom. The van der Waals surface area contributed by atoms with Gasteiger partial charge in [0.2, 0.25) is 5.91 Å². The molecule has 2 fully saturated rings. The maximum Gasteiger partial charge on any atom is 0.258 e. The van der Waals surface area contributed by atoms with E-state index in [-0.39, 0.29) is 43.9 Å². The molecule has 1 saturated carbocycles. The molecule has 0 bridgehead atoms. The predicted octanol–water partition coefficient (Wildman–Crippen LogP) is 2.61. The quantitative estimate of drug-likeness (QED) is 0.290. The van der Waals surface area contributed by atoms with Crippen molar-refractivity contribution in [3.63, 3.8) is 0 Å². The summed E-state index contributed by atoms with van der Waals surface area (Å²) in [6.07, 6.45) is -1.69. The molecule has 2 amide bonds. The first-order valence-electron chi connectivity index (χ1n) is 14.4. The molecule has 230 valence electrons. The summed E-state index contributed by atoms with van der Waals surface area (Å²) < 4.78 is 14.5. The maximum absolute atomic E-state index is 14.5. The van der Waals surface area contributed by atoms with Crippen LogP contribution in [0.1, 0.15) is 77.6 Å². The van der Waals surface area contributed by atoms with Crippen molar-refractivity contribution in [2.75, 3.05) is 6.54 Å². The van der Waals surface area contributed by atoms with Crippen molar-refractivity contribution in [2.45, 2.75) is 97.2 Å². The summed E-state index contributed by atoms with van der Waals surface area (Å²) in [7, 11) is 0. The molecule has 5 atom stereocenters. The van der Waals surface area contributed by atoms with Gasteiger partial charge in [-0.25, -0.2) is 9.37 Å². The van der Waals surface area contributed by atoms with E-state index in [0.717, 1.165) is 21.7 Å². The van der Waals surface area contributed by atoms with E-state index >= 15 is 0 Å². The van der Waals surface area contributed by atoms with Crippen molar-refractivity contribution in [3.8, 4) is 10.4 Å². The van der Waals surface area contributed by atoms with Crippen LogP contribution in [0.4, 0.5) is 4.39 Å². The number of hydroxylamine groups is 1. The van der Waals surface area contributed by atoms with Gasteiger partial charge in [-0.2, -0.15) is 5.43 Å². The Kier molecular flexibility index (Phi) is 9.53. The van der Waals surface area contributed by atoms with Crippen molar-refractivity contribution < 1.29 is 29.1 Å². The molecule has 12 heteroatoms. The van der Waals surface area contributed by atoms with Crippen LogP contribution in [-0.2, 0) is 14.4 Å². The highest BCUT2D eigenvalue weighted by atomic mass is 32.1. The van der Waals surface area contributed by atoms with Gasteiger partial charge < -0.3 is 15.6 Å². The minimum atomic E-state index is -1.96. The van der Waals surface area contributed by atoms with Crippen LogP contribution in [0.25, 0.3) is 10.4 Å². The lowest BCUT2D eigenvalue weighted by atomic mass is 9.85. The first-order valence-corrected chi connectivity index (χ1v) is 15.3. The van der Waals surface area contributed by atoms with Crippen molar-refractivity contribution in [3.05, 3.63) is 46.2 Å². The number of likely N-dealkylation sites (tertiary alicyclic amines) is 1. The van der Waals surface area contributed by atoms with Crippen LogP contribution in [-0.4, -0.2) is 63.1 Å². The minimum Gasteiger partial charge on any atom is -0.612 e. The zero-order chi connectivity index (χ0) is 31.0. The number of benzene rings is 1. The molecule has 4 N–H and O–H groups in total. The topological polar surface area (TPSA) is 139 Å². The highest BCUT2D eigenvalue weighted by Gasteiger charge is 2.53. The molecular weight excluding hydrogens is 561 g/mol. The highest BCUT2D eigenvalue weighted by molar-refractivity contribution is 7.13. The molecule has 1 aliphatic heterocycles. The standard InChI is InChI=1S/C30H42FN5O5S/c1-17(2)23(38)14-22(19-7-9-20(10-8-19)25-18(3)32-16-42-25)34-36(41)24-13-21(37)15-35(24)27(39)26(29(4,5)6)33-28(40)30(31)11-12-30/h7-10,16-17,21-22,24,26,34,36-37H,11-15H2,1-6H3,(H,33,40)/t21-,22+,24-,26+/m1/s1. The van der Waals surface area contributed by atoms with Gasteiger partial charge in [0.1, 0.15) is 11.8 Å². The van der Waals surface area contributed by atoms with E-state index < -0.39 is 52.4 Å². The number of aryl methyl sites for hydroxylation is 1. The number of hydrogen-bond acceptors (Lipinski definition) is 8. The van der Waals surface area contributed by atoms with Crippen molar-refractivity contribution >= 4 is 28.9 Å². The van der Waals surface area contributed by atoms with Crippen LogP contribution >= 0.6 is 11.3 Å². The summed E-state index contributed by atoms with van der Waals surface area (Å²) in [6.45, 7) is 10.7. The van der Waals surface area contributed by atoms with Gasteiger partial charge in [0, 0.05) is 18.8 Å². The van der Waals surface area contributed by atoms with Crippen LogP contribution < -0.4 is 15.9 Å². The van der Waals surface area contributed by atoms with Crippen LogP contribution in [0.3, 0.4) is 0 Å². The number of aliphatic hydroxyl groups is 1. The fourth-order valence-electron chi connectivity index (χ4n) is 5.12. The van der Waals surface area contributed by atoms with E-state index in [9.17, 15) is 29.1 Å². The number of nitrogens with one attached hydrogen (secondary N) is 3. The van der Waals surface area contributed by atoms with Gasteiger partial charge in [0.05, 0.1) is 34.8 Å². The van der Waals surface area contributed by atoms with Crippen molar-refractivity contribution in [2.24, 2.45) is 11.3 Å². The Bertz CT molecular complexity index is 1290. The Balaban J connectivity index is 1.55. The summed E-state index contributed by atoms with van der Waals surface area (Å²) in [5, 5.41) is 26.3. The number of nitrogens with zero attached hydrogens (tertiary/aromatic N) is 2. The second-order valence-electron chi connectivity index (χ2n) is 12.9. The number of carbonyl (C=O) groups is 3. The first kappa shape index (κ1) is 32.2. The molecule has 1 aliphatic carbocycles. The van der Waals surface area contributed by atoms with E-state index in [1.807, 2.05) is 31.2 Å². The molecule has 1 unspecified atom stereocenters. The highest BCUT2D eigenvalue weighted by Crippen LogP contribution is 2.40. The Hall–Kier alpha value is -2.77. The number of quaternary nitrogens is 1. The van der Waals surface area contributed by atoms with Crippen molar-refractivity contribution in [1.82, 2.24) is 20.6 Å². The summed E-state index contributed by atoms with van der Waals surface area (Å²) in [5.41, 5.74) is 4.63. The second kappa shape index (κ2) is 12.5. The smallest absolute Gasteiger partial charge is 0.258 e. The van der Waals surface area contributed by atoms with Gasteiger partial charge in [-0.15, -0.1) is 11.3 Å². The third-order valence-electron chi connectivity index (χ3n) is 8.04. The number of Topliss-reactive ketones (excluding diaryl/α,β-unsaturated/α-hetero) is 1. The van der Waals surface area contributed by atoms with Crippen LogP contribution in [0.15, 0.2) is 29.8 Å². The fraction of sp³-hybridized carbons (Fsp3) is 0.600. The molecule has 0 spiro atoms. The van der Waals surface area contributed by atoms with Gasteiger partial charge in [-0.05, 0) is 36.3 Å². The third kappa shape index (κ3) is 7.23. The molecule has 4 rings (SSSR count). The molecule has 1 aromatic carbocycles. The van der Waals surface area contributed by atoms with E-state index in [1.54, 1.807) is 40.1 Å². The number of β-amino-alcohol motifs (C(OH)–C–C–N with tert-alkyl or cyclic N) is 1. The lowest BCUT2D eigenvalue weighted by Gasteiger charge is -2.39. The normalized spacial score (nSPS) is 22.1. The van der Waals surface area contributed by atoms with E-state index in [1.165, 1.54) is 16.2 Å². The second-order valence-corrected chi connectivity index (χ2v) is 13.8. The van der Waals surface area contributed by atoms with E-state index in [4.69, 9.17) is 0 Å². The van der Waals surface area contributed by atoms with Gasteiger partial charge in [0.15, 0.2) is 11.8 Å². The van der Waals surface area contributed by atoms with Crippen LogP contribution in [0, 0.1) is 23.5 Å². The van der Waals surface area contributed by atoms with Crippen LogP contribution in [0.2, 0.25) is 0 Å². The molecule has 1 aromatic heterocycles. The molecule has 0 radical (unpaired) electrons. The SMILES string of the molecule is Cc1ncsc1-c1ccc([C@H](CC(=O)C(C)C)N[NH+]([O-])[C@@H]2C[C@@H](O)CN2C(=O)[C@H](NC(=O)C2(F)CC2)C(C)(C)C)cc1. The van der Waals surface area contributed by atoms with Gasteiger partial charge >= 0.3 is 0 Å². The van der Waals surface area contributed by atoms with Crippen LogP contribution in [0.5, 0.6) is 0 Å². The molecule has 42 heavy (non-hydrogen) atoms. The fourth-order valence-corrected chi connectivity index (χ4v) is 5.93. The summed E-state index contributed by atoms with van der Waals surface area (Å²) >= 11 is 1.53. The number of carbonyl (C=O) groups excluding carboxylic acids is 3. The van der Waals surface area contributed by atoms with E-state index in [0.29, 0.717) is 0 Å². The average molecular weight is 604 g/mol. The molecule has 2 aliphatic rings. The lowest BCUT2D eigenvalue weighted by Crippen LogP contribution is -3.19. The molecule has 2 heterocycles. The zero-order valence-electron chi connectivity index (χ0n) is 25.1. The predicted molar refractivity (Wildman–Crippen MR) is 158 cm³/mol. The number of aliphatic hydroxyl groups excluding tert-OH is 1. The lowest BCUT2D eigenvalue weighted by molar-refractivity contribution is -0.934. The maximum atomic E-state index is 14.5. The Morgan fingerprint density at radius 3 is 2.40 bits per heavy atom. The first-order chi connectivity index (χ1) is 19.6. The average Bonchev–Trinajstić information content (AvgIpc) is 3.33. The summed E-state index contributed by atoms with van der Waals surface area (Å²) in [4.78, 5) is 45.7.